The summed E-state index contributed by atoms with van der Waals surface area (Å²) in [6.45, 7) is 9.89. The highest BCUT2D eigenvalue weighted by Crippen LogP contribution is 2.17. The fourth-order valence-electron chi connectivity index (χ4n) is 2.01. The number of rotatable bonds is 8. The maximum atomic E-state index is 4.56. The Hall–Kier alpha value is -1.53. The number of hydrogen-bond donors (Lipinski definition) is 1. The van der Waals surface area contributed by atoms with Gasteiger partial charge in [0.05, 0.1) is 12.2 Å². The van der Waals surface area contributed by atoms with E-state index in [4.69, 9.17) is 0 Å². The van der Waals surface area contributed by atoms with Gasteiger partial charge in [-0.3, -0.25) is 9.88 Å². The number of pyridine rings is 1. The summed E-state index contributed by atoms with van der Waals surface area (Å²) >= 11 is 1.63. The molecule has 0 saturated heterocycles. The number of nitrogens with one attached hydrogen (secondary N) is 1. The molecule has 0 amide bonds. The zero-order valence-corrected chi connectivity index (χ0v) is 13.8. The fraction of sp³-hybridized carbons (Fsp3) is 0.533. The lowest BCUT2D eigenvalue weighted by atomic mass is 10.3. The van der Waals surface area contributed by atoms with Crippen molar-refractivity contribution in [2.24, 2.45) is 0 Å². The Morgan fingerprint density at radius 3 is 2.76 bits per heavy atom. The Kier molecular flexibility index (Phi) is 6.07. The number of anilines is 1. The van der Waals surface area contributed by atoms with E-state index in [9.17, 15) is 0 Å². The topological polar surface area (TPSA) is 53.9 Å². The molecule has 0 unspecified atom stereocenters. The number of aryl methyl sites for hydroxylation is 1. The van der Waals surface area contributed by atoms with Crippen LogP contribution in [-0.2, 0) is 13.1 Å². The van der Waals surface area contributed by atoms with Gasteiger partial charge in [0.2, 0.25) is 5.13 Å². The molecule has 2 heterocycles. The molecule has 2 aromatic rings. The van der Waals surface area contributed by atoms with Crippen LogP contribution in [0, 0.1) is 6.92 Å². The first kappa shape index (κ1) is 15.9. The third-order valence-electron chi connectivity index (χ3n) is 3.13. The molecule has 0 spiro atoms. The molecule has 0 aliphatic rings. The van der Waals surface area contributed by atoms with E-state index in [1.54, 1.807) is 11.3 Å². The zero-order valence-electron chi connectivity index (χ0n) is 13.0. The zero-order chi connectivity index (χ0) is 15.1. The van der Waals surface area contributed by atoms with Crippen molar-refractivity contribution in [3.05, 3.63) is 34.6 Å². The first-order valence-corrected chi connectivity index (χ1v) is 8.24. The van der Waals surface area contributed by atoms with Crippen molar-refractivity contribution in [3.63, 3.8) is 0 Å². The Bertz CT molecular complexity index is 555. The Labute approximate surface area is 130 Å². The summed E-state index contributed by atoms with van der Waals surface area (Å²) in [6, 6.07) is 6.16. The lowest BCUT2D eigenvalue weighted by Gasteiger charge is -2.18. The van der Waals surface area contributed by atoms with Gasteiger partial charge in [0.1, 0.15) is 5.01 Å². The summed E-state index contributed by atoms with van der Waals surface area (Å²) in [7, 11) is 0. The molecule has 0 radical (unpaired) electrons. The van der Waals surface area contributed by atoms with Crippen molar-refractivity contribution < 1.29 is 0 Å². The van der Waals surface area contributed by atoms with Gasteiger partial charge in [-0.1, -0.05) is 31.3 Å². The van der Waals surface area contributed by atoms with Gasteiger partial charge in [0, 0.05) is 18.8 Å². The van der Waals surface area contributed by atoms with E-state index in [-0.39, 0.29) is 0 Å². The van der Waals surface area contributed by atoms with Crippen LogP contribution in [0.3, 0.4) is 0 Å². The van der Waals surface area contributed by atoms with Crippen LogP contribution >= 0.6 is 11.3 Å². The van der Waals surface area contributed by atoms with Crippen molar-refractivity contribution in [1.29, 1.82) is 0 Å². The van der Waals surface area contributed by atoms with Crippen molar-refractivity contribution in [1.82, 2.24) is 20.1 Å². The summed E-state index contributed by atoms with van der Waals surface area (Å²) in [5.41, 5.74) is 2.16. The maximum absolute atomic E-state index is 4.56. The molecular weight excluding hydrogens is 282 g/mol. The summed E-state index contributed by atoms with van der Waals surface area (Å²) in [6.07, 6.45) is 1.09. The minimum atomic E-state index is 0.817. The first-order valence-electron chi connectivity index (χ1n) is 7.42. The maximum Gasteiger partial charge on any atom is 0.205 e. The highest BCUT2D eigenvalue weighted by molar-refractivity contribution is 7.15. The van der Waals surface area contributed by atoms with Crippen molar-refractivity contribution >= 4 is 16.5 Å². The minimum absolute atomic E-state index is 0.817. The normalized spacial score (nSPS) is 11.0. The summed E-state index contributed by atoms with van der Waals surface area (Å²) in [5, 5.41) is 13.7. The Morgan fingerprint density at radius 1 is 1.19 bits per heavy atom. The lowest BCUT2D eigenvalue weighted by molar-refractivity contribution is 0.267. The van der Waals surface area contributed by atoms with E-state index in [0.29, 0.717) is 0 Å². The van der Waals surface area contributed by atoms with E-state index >= 15 is 0 Å². The van der Waals surface area contributed by atoms with Crippen LogP contribution < -0.4 is 5.32 Å². The van der Waals surface area contributed by atoms with Gasteiger partial charge < -0.3 is 5.32 Å². The predicted octanol–water partition coefficient (Wildman–Crippen LogP) is 3.09. The molecule has 2 aromatic heterocycles. The molecule has 0 aliphatic carbocycles. The van der Waals surface area contributed by atoms with Crippen LogP contribution in [0.5, 0.6) is 0 Å². The quantitative estimate of drug-likeness (QED) is 0.812. The van der Waals surface area contributed by atoms with Gasteiger partial charge in [-0.25, -0.2) is 0 Å². The van der Waals surface area contributed by atoms with E-state index in [2.05, 4.69) is 51.4 Å². The predicted molar refractivity (Wildman–Crippen MR) is 87.5 cm³/mol. The molecule has 0 saturated carbocycles. The summed E-state index contributed by atoms with van der Waals surface area (Å²) in [5.74, 6) is 0. The van der Waals surface area contributed by atoms with Crippen molar-refractivity contribution in [2.75, 3.05) is 18.4 Å². The van der Waals surface area contributed by atoms with Crippen LogP contribution in [0.25, 0.3) is 0 Å². The molecule has 6 heteroatoms. The second-order valence-electron chi connectivity index (χ2n) is 5.00. The molecule has 0 fully saturated rings. The first-order chi connectivity index (χ1) is 10.2. The number of hydrogen-bond acceptors (Lipinski definition) is 6. The van der Waals surface area contributed by atoms with Crippen LogP contribution in [-0.4, -0.2) is 33.2 Å². The van der Waals surface area contributed by atoms with Crippen LogP contribution in [0.2, 0.25) is 0 Å². The van der Waals surface area contributed by atoms with Gasteiger partial charge in [-0.05, 0) is 32.0 Å². The molecule has 0 bridgehead atoms. The SMILES string of the molecule is CCCNc1nnc(CN(CC)Cc2cccc(C)n2)s1. The van der Waals surface area contributed by atoms with Gasteiger partial charge in [-0.2, -0.15) is 0 Å². The lowest BCUT2D eigenvalue weighted by Crippen LogP contribution is -2.22. The second-order valence-corrected chi connectivity index (χ2v) is 6.06. The number of aromatic nitrogens is 3. The Morgan fingerprint density at radius 2 is 2.05 bits per heavy atom. The van der Waals surface area contributed by atoms with Gasteiger partial charge in [-0.15, -0.1) is 10.2 Å². The van der Waals surface area contributed by atoms with E-state index in [1.165, 1.54) is 0 Å². The van der Waals surface area contributed by atoms with Gasteiger partial charge in [0.25, 0.3) is 0 Å². The summed E-state index contributed by atoms with van der Waals surface area (Å²) in [4.78, 5) is 6.89. The molecule has 5 nitrogen and oxygen atoms in total. The monoisotopic (exact) mass is 305 g/mol. The highest BCUT2D eigenvalue weighted by atomic mass is 32.1. The summed E-state index contributed by atoms with van der Waals surface area (Å²) < 4.78 is 0. The van der Waals surface area contributed by atoms with Crippen molar-refractivity contribution in [3.8, 4) is 0 Å². The molecule has 0 aromatic carbocycles. The molecule has 1 N–H and O–H groups in total. The fourth-order valence-corrected chi connectivity index (χ4v) is 2.82. The third kappa shape index (κ3) is 5.06. The van der Waals surface area contributed by atoms with Crippen molar-refractivity contribution in [2.45, 2.75) is 40.3 Å². The molecule has 0 aliphatic heterocycles. The Balaban J connectivity index is 1.94. The molecule has 0 atom stereocenters. The van der Waals surface area contributed by atoms with Crippen LogP contribution in [0.1, 0.15) is 36.7 Å². The molecule has 2 rings (SSSR count). The molecule has 114 valence electrons. The molecular formula is C15H23N5S. The second kappa shape index (κ2) is 8.05. The smallest absolute Gasteiger partial charge is 0.205 e. The molecule has 21 heavy (non-hydrogen) atoms. The standard InChI is InChI=1S/C15H23N5S/c1-4-9-16-15-19-18-14(21-15)11-20(5-2)10-13-8-6-7-12(3)17-13/h6-8H,4-5,9-11H2,1-3H3,(H,16,19). The minimum Gasteiger partial charge on any atom is -0.360 e. The van der Waals surface area contributed by atoms with Crippen LogP contribution in [0.15, 0.2) is 18.2 Å². The van der Waals surface area contributed by atoms with E-state index in [1.807, 2.05) is 13.0 Å². The van der Waals surface area contributed by atoms with Gasteiger partial charge in [0.15, 0.2) is 0 Å². The third-order valence-corrected chi connectivity index (χ3v) is 4.00. The van der Waals surface area contributed by atoms with E-state index in [0.717, 1.165) is 54.1 Å². The van der Waals surface area contributed by atoms with E-state index < -0.39 is 0 Å². The van der Waals surface area contributed by atoms with Gasteiger partial charge >= 0.3 is 0 Å². The highest BCUT2D eigenvalue weighted by Gasteiger charge is 2.10. The largest absolute Gasteiger partial charge is 0.360 e. The van der Waals surface area contributed by atoms with Crippen LogP contribution in [0.4, 0.5) is 5.13 Å². The average molecular weight is 305 g/mol. The number of nitrogens with zero attached hydrogens (tertiary/aromatic N) is 4. The average Bonchev–Trinajstić information content (AvgIpc) is 2.92.